The molecule has 0 unspecified atom stereocenters. The molecule has 0 aromatic heterocycles. The highest BCUT2D eigenvalue weighted by atomic mass is 35.5. The van der Waals surface area contributed by atoms with E-state index >= 15 is 0 Å². The van der Waals surface area contributed by atoms with Crippen molar-refractivity contribution >= 4 is 23.5 Å². The average Bonchev–Trinajstić information content (AvgIpc) is 2.67. The van der Waals surface area contributed by atoms with Crippen molar-refractivity contribution in [3.05, 3.63) is 52.5 Å². The minimum absolute atomic E-state index is 0.253. The summed E-state index contributed by atoms with van der Waals surface area (Å²) in [6.45, 7) is 1.35. The lowest BCUT2D eigenvalue weighted by molar-refractivity contribution is -0.159. The molecular weight excluding hydrogens is 390 g/mol. The van der Waals surface area contributed by atoms with E-state index in [9.17, 15) is 5.11 Å². The van der Waals surface area contributed by atoms with Crippen molar-refractivity contribution < 1.29 is 34.4 Å². The van der Waals surface area contributed by atoms with E-state index in [4.69, 9.17) is 40.9 Å². The quantitative estimate of drug-likeness (QED) is 0.404. The van der Waals surface area contributed by atoms with E-state index in [0.29, 0.717) is 11.6 Å². The third kappa shape index (κ3) is 7.73. The number of aliphatic carboxylic acids is 2. The van der Waals surface area contributed by atoms with Gasteiger partial charge in [0.05, 0.1) is 14.2 Å². The summed E-state index contributed by atoms with van der Waals surface area (Å²) in [5, 5.41) is 28.4. The molecular formula is C19H22ClNO7. The van der Waals surface area contributed by atoms with E-state index in [0.717, 1.165) is 35.6 Å². The first-order valence-corrected chi connectivity index (χ1v) is 8.51. The maximum Gasteiger partial charge on any atom is 0.414 e. The van der Waals surface area contributed by atoms with Gasteiger partial charge in [0.2, 0.25) is 0 Å². The molecule has 4 N–H and O–H groups in total. The number of nitrogens with one attached hydrogen (secondary N) is 1. The lowest BCUT2D eigenvalue weighted by Crippen LogP contribution is -2.16. The van der Waals surface area contributed by atoms with Gasteiger partial charge in [-0.25, -0.2) is 9.59 Å². The van der Waals surface area contributed by atoms with Crippen molar-refractivity contribution in [1.82, 2.24) is 5.32 Å². The molecule has 28 heavy (non-hydrogen) atoms. The second kappa shape index (κ2) is 11.7. The topological polar surface area (TPSA) is 125 Å². The number of methoxy groups -OCH3 is 2. The van der Waals surface area contributed by atoms with Crippen molar-refractivity contribution in [2.75, 3.05) is 20.8 Å². The number of hydrogen-bond donors (Lipinski definition) is 4. The van der Waals surface area contributed by atoms with E-state index in [1.807, 2.05) is 18.2 Å². The number of hydrogen-bond acceptors (Lipinski definition) is 6. The number of rotatable bonds is 7. The Morgan fingerprint density at radius 3 is 2.21 bits per heavy atom. The van der Waals surface area contributed by atoms with E-state index in [1.165, 1.54) is 0 Å². The molecule has 0 bridgehead atoms. The molecule has 2 aromatic rings. The number of benzene rings is 2. The van der Waals surface area contributed by atoms with Gasteiger partial charge in [-0.1, -0.05) is 17.7 Å². The van der Waals surface area contributed by atoms with E-state index in [2.05, 4.69) is 5.32 Å². The zero-order valence-electron chi connectivity index (χ0n) is 15.4. The fraction of sp³-hybridized carbons (Fsp3) is 0.263. The van der Waals surface area contributed by atoms with Gasteiger partial charge in [0.15, 0.2) is 11.5 Å². The van der Waals surface area contributed by atoms with Crippen LogP contribution in [0.5, 0.6) is 17.2 Å². The van der Waals surface area contributed by atoms with Crippen molar-refractivity contribution in [3.63, 3.8) is 0 Å². The van der Waals surface area contributed by atoms with Crippen molar-refractivity contribution in [2.45, 2.75) is 13.0 Å². The molecule has 9 heteroatoms. The van der Waals surface area contributed by atoms with E-state index in [-0.39, 0.29) is 5.75 Å². The third-order valence-corrected chi connectivity index (χ3v) is 3.81. The maximum atomic E-state index is 9.75. The highest BCUT2D eigenvalue weighted by Gasteiger charge is 2.05. The van der Waals surface area contributed by atoms with Crippen molar-refractivity contribution in [3.8, 4) is 17.2 Å². The molecule has 0 radical (unpaired) electrons. The number of carboxylic acids is 2. The monoisotopic (exact) mass is 411 g/mol. The summed E-state index contributed by atoms with van der Waals surface area (Å²) < 4.78 is 10.5. The molecule has 2 aromatic carbocycles. The van der Waals surface area contributed by atoms with Crippen LogP contribution in [0.1, 0.15) is 11.1 Å². The van der Waals surface area contributed by atoms with Crippen LogP contribution in [0.2, 0.25) is 5.02 Å². The van der Waals surface area contributed by atoms with Gasteiger partial charge in [-0.2, -0.15) is 0 Å². The summed E-state index contributed by atoms with van der Waals surface area (Å²) in [4.78, 5) is 18.2. The molecule has 0 aliphatic rings. The van der Waals surface area contributed by atoms with E-state index in [1.54, 1.807) is 32.4 Å². The van der Waals surface area contributed by atoms with Crippen LogP contribution in [0.15, 0.2) is 36.4 Å². The molecule has 2 rings (SSSR count). The second-order valence-electron chi connectivity index (χ2n) is 5.50. The summed E-state index contributed by atoms with van der Waals surface area (Å²) >= 11 is 5.92. The van der Waals surface area contributed by atoms with Gasteiger partial charge < -0.3 is 30.1 Å². The van der Waals surface area contributed by atoms with Crippen LogP contribution in [0.3, 0.4) is 0 Å². The summed E-state index contributed by atoms with van der Waals surface area (Å²) in [7, 11) is 3.25. The Labute approximate surface area is 167 Å². The fourth-order valence-corrected chi connectivity index (χ4v) is 2.38. The minimum Gasteiger partial charge on any atom is -0.508 e. The Kier molecular flexibility index (Phi) is 9.63. The lowest BCUT2D eigenvalue weighted by Gasteiger charge is -2.10. The van der Waals surface area contributed by atoms with Gasteiger partial charge >= 0.3 is 11.9 Å². The molecule has 0 fully saturated rings. The van der Waals surface area contributed by atoms with Crippen LogP contribution in [-0.2, 0) is 22.6 Å². The molecule has 152 valence electrons. The molecule has 0 atom stereocenters. The molecule has 0 saturated heterocycles. The van der Waals surface area contributed by atoms with Gasteiger partial charge in [-0.15, -0.1) is 0 Å². The first-order chi connectivity index (χ1) is 13.3. The number of carbonyl (C=O) groups is 2. The number of phenols is 1. The maximum absolute atomic E-state index is 9.75. The number of ether oxygens (including phenoxy) is 2. The van der Waals surface area contributed by atoms with Crippen LogP contribution in [-0.4, -0.2) is 48.0 Å². The summed E-state index contributed by atoms with van der Waals surface area (Å²) in [6.07, 6.45) is 0.849. The standard InChI is InChI=1S/C17H20ClNO3.C2H2O4/c1-21-16-6-3-12(9-17(16)22-2)7-8-19-11-13-10-14(18)4-5-15(13)20;3-1(4)2(5)6/h3-6,9-10,19-20H,7-8,11H2,1-2H3;(H,3,4)(H,5,6). The second-order valence-corrected chi connectivity index (χ2v) is 5.94. The largest absolute Gasteiger partial charge is 0.508 e. The van der Waals surface area contributed by atoms with Crippen LogP contribution < -0.4 is 14.8 Å². The van der Waals surface area contributed by atoms with Gasteiger partial charge in [0, 0.05) is 17.1 Å². The third-order valence-electron chi connectivity index (χ3n) is 3.58. The Morgan fingerprint density at radius 2 is 1.64 bits per heavy atom. The Morgan fingerprint density at radius 1 is 1.00 bits per heavy atom. The van der Waals surface area contributed by atoms with Crippen LogP contribution in [0.4, 0.5) is 0 Å². The molecule has 0 amide bonds. The highest BCUT2D eigenvalue weighted by Crippen LogP contribution is 2.27. The Hall–Kier alpha value is -2.97. The first kappa shape index (κ1) is 23.1. The van der Waals surface area contributed by atoms with Gasteiger partial charge in [0.25, 0.3) is 0 Å². The number of carboxylic acid groups (broad SMARTS) is 2. The SMILES string of the molecule is COc1ccc(CCNCc2cc(Cl)ccc2O)cc1OC.O=C(O)C(=O)O. The number of phenolic OH excluding ortho intramolecular Hbond substituents is 1. The lowest BCUT2D eigenvalue weighted by atomic mass is 10.1. The molecule has 0 aliphatic heterocycles. The van der Waals surface area contributed by atoms with Crippen LogP contribution in [0.25, 0.3) is 0 Å². The Balaban J connectivity index is 0.000000568. The molecule has 0 heterocycles. The van der Waals surface area contributed by atoms with Crippen LogP contribution in [0, 0.1) is 0 Å². The summed E-state index contributed by atoms with van der Waals surface area (Å²) in [5.74, 6) is -1.94. The van der Waals surface area contributed by atoms with Crippen molar-refractivity contribution in [2.24, 2.45) is 0 Å². The Bertz CT molecular complexity index is 799. The van der Waals surface area contributed by atoms with Crippen molar-refractivity contribution in [1.29, 1.82) is 0 Å². The van der Waals surface area contributed by atoms with Gasteiger partial charge in [-0.3, -0.25) is 0 Å². The van der Waals surface area contributed by atoms with Gasteiger partial charge in [-0.05, 0) is 48.9 Å². The summed E-state index contributed by atoms with van der Waals surface area (Å²) in [5.41, 5.74) is 1.94. The molecule has 0 saturated carbocycles. The first-order valence-electron chi connectivity index (χ1n) is 8.13. The molecule has 8 nitrogen and oxygen atoms in total. The predicted molar refractivity (Wildman–Crippen MR) is 103 cm³/mol. The zero-order valence-corrected chi connectivity index (χ0v) is 16.2. The summed E-state index contributed by atoms with van der Waals surface area (Å²) in [6, 6.07) is 10.9. The average molecular weight is 412 g/mol. The predicted octanol–water partition coefficient (Wildman–Crippen LogP) is 2.55. The molecule has 0 aliphatic carbocycles. The fourth-order valence-electron chi connectivity index (χ4n) is 2.19. The zero-order chi connectivity index (χ0) is 21.1. The number of aromatic hydroxyl groups is 1. The van der Waals surface area contributed by atoms with Gasteiger partial charge in [0.1, 0.15) is 5.75 Å². The minimum atomic E-state index is -1.82. The molecule has 0 spiro atoms. The smallest absolute Gasteiger partial charge is 0.414 e. The normalized spacial score (nSPS) is 9.82. The highest BCUT2D eigenvalue weighted by molar-refractivity contribution is 6.30. The van der Waals surface area contributed by atoms with E-state index < -0.39 is 11.9 Å². The number of halogens is 1. The van der Waals surface area contributed by atoms with Crippen LogP contribution >= 0.6 is 11.6 Å².